The van der Waals surface area contributed by atoms with Crippen molar-refractivity contribution in [3.8, 4) is 11.5 Å². The molecule has 0 heterocycles. The molecule has 1 aromatic rings. The molecule has 17 heavy (non-hydrogen) atoms. The summed E-state index contributed by atoms with van der Waals surface area (Å²) in [5, 5.41) is 18.6. The maximum absolute atomic E-state index is 11.8. The number of aromatic hydroxyl groups is 2. The molecular formula is C10H12F3NO3. The Morgan fingerprint density at radius 3 is 2.59 bits per heavy atom. The van der Waals surface area contributed by atoms with Crippen molar-refractivity contribution in [1.29, 1.82) is 0 Å². The Hall–Kier alpha value is -1.47. The van der Waals surface area contributed by atoms with Crippen LogP contribution < -0.4 is 5.48 Å². The molecule has 0 saturated heterocycles. The Balaban J connectivity index is 2.58. The average Bonchev–Trinajstić information content (AvgIpc) is 2.19. The van der Waals surface area contributed by atoms with Crippen LogP contribution in [0.2, 0.25) is 0 Å². The van der Waals surface area contributed by atoms with Gasteiger partial charge in [0.2, 0.25) is 0 Å². The van der Waals surface area contributed by atoms with Crippen molar-refractivity contribution < 1.29 is 28.2 Å². The van der Waals surface area contributed by atoms with Gasteiger partial charge in [-0.3, -0.25) is 4.84 Å². The van der Waals surface area contributed by atoms with Crippen molar-refractivity contribution in [3.05, 3.63) is 23.8 Å². The predicted molar refractivity (Wildman–Crippen MR) is 53.3 cm³/mol. The lowest BCUT2D eigenvalue weighted by atomic mass is 10.1. The topological polar surface area (TPSA) is 61.7 Å². The smallest absolute Gasteiger partial charge is 0.413 e. The molecule has 0 aliphatic carbocycles. The summed E-state index contributed by atoms with van der Waals surface area (Å²) in [5.41, 5.74) is 2.38. The van der Waals surface area contributed by atoms with E-state index in [-0.39, 0.29) is 17.1 Å². The SMILES string of the molecule is CC(NOCC(F)(F)F)c1cc(O)ccc1O. The third-order valence-electron chi connectivity index (χ3n) is 1.97. The second kappa shape index (κ2) is 5.24. The highest BCUT2D eigenvalue weighted by molar-refractivity contribution is 5.40. The molecule has 1 rings (SSSR count). The normalized spacial score (nSPS) is 13.6. The molecule has 7 heteroatoms. The number of rotatable bonds is 4. The largest absolute Gasteiger partial charge is 0.508 e. The number of alkyl halides is 3. The van der Waals surface area contributed by atoms with Crippen LogP contribution in [0.1, 0.15) is 18.5 Å². The summed E-state index contributed by atoms with van der Waals surface area (Å²) in [5.74, 6) is -0.235. The molecule has 1 unspecified atom stereocenters. The second-order valence-electron chi connectivity index (χ2n) is 3.49. The van der Waals surface area contributed by atoms with Crippen LogP contribution in [0.25, 0.3) is 0 Å². The van der Waals surface area contributed by atoms with Crippen LogP contribution in [0.4, 0.5) is 13.2 Å². The van der Waals surface area contributed by atoms with Crippen LogP contribution in [0.5, 0.6) is 11.5 Å². The van der Waals surface area contributed by atoms with E-state index in [9.17, 15) is 23.4 Å². The van der Waals surface area contributed by atoms with E-state index in [1.54, 1.807) is 0 Å². The van der Waals surface area contributed by atoms with E-state index >= 15 is 0 Å². The molecule has 0 aromatic heterocycles. The first-order valence-corrected chi connectivity index (χ1v) is 4.75. The summed E-state index contributed by atoms with van der Waals surface area (Å²) in [7, 11) is 0. The van der Waals surface area contributed by atoms with Crippen molar-refractivity contribution in [3.63, 3.8) is 0 Å². The van der Waals surface area contributed by atoms with E-state index in [1.807, 2.05) is 0 Å². The average molecular weight is 251 g/mol. The highest BCUT2D eigenvalue weighted by Crippen LogP contribution is 2.27. The molecule has 4 nitrogen and oxygen atoms in total. The number of nitrogens with one attached hydrogen (secondary N) is 1. The van der Waals surface area contributed by atoms with E-state index < -0.39 is 18.8 Å². The zero-order valence-corrected chi connectivity index (χ0v) is 8.95. The fourth-order valence-electron chi connectivity index (χ4n) is 1.20. The summed E-state index contributed by atoms with van der Waals surface area (Å²) < 4.78 is 35.4. The summed E-state index contributed by atoms with van der Waals surface area (Å²) >= 11 is 0. The van der Waals surface area contributed by atoms with E-state index in [0.29, 0.717) is 0 Å². The number of hydroxylamine groups is 1. The molecule has 0 spiro atoms. The number of halogens is 3. The summed E-state index contributed by atoms with van der Waals surface area (Å²) in [6, 6.07) is 3.06. The molecule has 1 atom stereocenters. The van der Waals surface area contributed by atoms with Crippen molar-refractivity contribution >= 4 is 0 Å². The van der Waals surface area contributed by atoms with Crippen LogP contribution in [0.3, 0.4) is 0 Å². The molecule has 0 aliphatic rings. The summed E-state index contributed by atoms with van der Waals surface area (Å²) in [6.45, 7) is 0.0573. The van der Waals surface area contributed by atoms with Crippen LogP contribution >= 0.6 is 0 Å². The lowest BCUT2D eigenvalue weighted by Gasteiger charge is -2.16. The van der Waals surface area contributed by atoms with Gasteiger partial charge in [0.15, 0.2) is 6.61 Å². The molecule has 0 fully saturated rings. The van der Waals surface area contributed by atoms with Gasteiger partial charge in [0.1, 0.15) is 11.5 Å². The zero-order valence-electron chi connectivity index (χ0n) is 8.95. The Bertz CT molecular complexity index is 382. The van der Waals surface area contributed by atoms with Crippen molar-refractivity contribution in [2.45, 2.75) is 19.1 Å². The van der Waals surface area contributed by atoms with Gasteiger partial charge in [-0.15, -0.1) is 0 Å². The monoisotopic (exact) mass is 251 g/mol. The van der Waals surface area contributed by atoms with E-state index in [2.05, 4.69) is 10.3 Å². The fourth-order valence-corrected chi connectivity index (χ4v) is 1.20. The first-order valence-electron chi connectivity index (χ1n) is 4.75. The third-order valence-corrected chi connectivity index (χ3v) is 1.97. The van der Waals surface area contributed by atoms with Gasteiger partial charge in [0, 0.05) is 5.56 Å². The standard InChI is InChI=1S/C10H12F3NO3/c1-6(14-17-5-10(11,12)13)8-4-7(15)2-3-9(8)16/h2-4,6,14-16H,5H2,1H3. The molecule has 96 valence electrons. The number of phenolic OH excluding ortho intramolecular Hbond substituents is 2. The van der Waals surface area contributed by atoms with E-state index in [0.717, 1.165) is 0 Å². The third kappa shape index (κ3) is 4.49. The fraction of sp³-hybridized carbons (Fsp3) is 0.400. The van der Waals surface area contributed by atoms with Crippen molar-refractivity contribution in [2.75, 3.05) is 6.61 Å². The van der Waals surface area contributed by atoms with E-state index in [1.165, 1.54) is 25.1 Å². The molecule has 3 N–H and O–H groups in total. The number of hydrogen-bond donors (Lipinski definition) is 3. The van der Waals surface area contributed by atoms with Crippen LogP contribution in [-0.2, 0) is 4.84 Å². The summed E-state index contributed by atoms with van der Waals surface area (Å²) in [6.07, 6.45) is -4.42. The maximum Gasteiger partial charge on any atom is 0.413 e. The Labute approximate surface area is 95.6 Å². The number of benzene rings is 1. The first-order chi connectivity index (χ1) is 7.79. The van der Waals surface area contributed by atoms with Crippen LogP contribution in [-0.4, -0.2) is 23.0 Å². The van der Waals surface area contributed by atoms with Gasteiger partial charge in [0.05, 0.1) is 6.04 Å². The zero-order chi connectivity index (χ0) is 13.1. The van der Waals surface area contributed by atoms with Crippen molar-refractivity contribution in [1.82, 2.24) is 5.48 Å². The minimum absolute atomic E-state index is 0.0951. The van der Waals surface area contributed by atoms with Crippen LogP contribution in [0, 0.1) is 0 Å². The van der Waals surface area contributed by atoms with Crippen LogP contribution in [0.15, 0.2) is 18.2 Å². The Morgan fingerprint density at radius 1 is 1.35 bits per heavy atom. The molecule has 1 aromatic carbocycles. The first kappa shape index (κ1) is 13.6. The molecule has 0 bridgehead atoms. The van der Waals surface area contributed by atoms with Gasteiger partial charge in [0.25, 0.3) is 0 Å². The Kier molecular flexibility index (Phi) is 4.19. The van der Waals surface area contributed by atoms with E-state index in [4.69, 9.17) is 0 Å². The molecular weight excluding hydrogens is 239 g/mol. The van der Waals surface area contributed by atoms with Crippen molar-refractivity contribution in [2.24, 2.45) is 0 Å². The lowest BCUT2D eigenvalue weighted by molar-refractivity contribution is -0.192. The van der Waals surface area contributed by atoms with Gasteiger partial charge in [-0.05, 0) is 25.1 Å². The molecule has 0 amide bonds. The maximum atomic E-state index is 11.8. The number of hydrogen-bond acceptors (Lipinski definition) is 4. The Morgan fingerprint density at radius 2 is 2.00 bits per heavy atom. The quantitative estimate of drug-likeness (QED) is 0.567. The molecule has 0 saturated carbocycles. The molecule has 0 aliphatic heterocycles. The minimum atomic E-state index is -4.42. The van der Waals surface area contributed by atoms with Gasteiger partial charge in [-0.2, -0.15) is 18.7 Å². The predicted octanol–water partition coefficient (Wildman–Crippen LogP) is 2.24. The van der Waals surface area contributed by atoms with Gasteiger partial charge in [-0.1, -0.05) is 0 Å². The van der Waals surface area contributed by atoms with Gasteiger partial charge in [-0.25, -0.2) is 0 Å². The highest BCUT2D eigenvalue weighted by Gasteiger charge is 2.28. The second-order valence-corrected chi connectivity index (χ2v) is 3.49. The van der Waals surface area contributed by atoms with Gasteiger partial charge < -0.3 is 10.2 Å². The highest BCUT2D eigenvalue weighted by atomic mass is 19.4. The van der Waals surface area contributed by atoms with Gasteiger partial charge >= 0.3 is 6.18 Å². The summed E-state index contributed by atoms with van der Waals surface area (Å²) in [4.78, 5) is 4.24. The minimum Gasteiger partial charge on any atom is -0.508 e. The molecule has 0 radical (unpaired) electrons. The number of phenols is 2. The lowest BCUT2D eigenvalue weighted by Crippen LogP contribution is -2.26.